The number of fused-ring (bicyclic) bond motifs is 1. The lowest BCUT2D eigenvalue weighted by Gasteiger charge is -2.10. The van der Waals surface area contributed by atoms with Gasteiger partial charge in [-0.05, 0) is 49.8 Å². The molecule has 0 saturated carbocycles. The lowest BCUT2D eigenvalue weighted by atomic mass is 10.0. The van der Waals surface area contributed by atoms with Gasteiger partial charge in [0.25, 0.3) is 5.69 Å². The first-order valence-corrected chi connectivity index (χ1v) is 8.34. The predicted molar refractivity (Wildman–Crippen MR) is 98.0 cm³/mol. The Balaban J connectivity index is 2.02. The Morgan fingerprint density at radius 1 is 1.42 bits per heavy atom. The van der Waals surface area contributed by atoms with Gasteiger partial charge in [0.1, 0.15) is 17.6 Å². The van der Waals surface area contributed by atoms with Crippen molar-refractivity contribution in [1.29, 1.82) is 5.26 Å². The number of benzene rings is 2. The fraction of sp³-hybridized carbons (Fsp3) is 0.250. The Kier molecular flexibility index (Phi) is 4.90. The molecule has 0 radical (unpaired) electrons. The van der Waals surface area contributed by atoms with E-state index in [-0.39, 0.29) is 11.8 Å². The van der Waals surface area contributed by atoms with E-state index in [1.165, 1.54) is 12.1 Å². The van der Waals surface area contributed by atoms with E-state index in [2.05, 4.69) is 6.07 Å². The highest BCUT2D eigenvalue weighted by atomic mass is 16.6. The topological polar surface area (TPSA) is 85.4 Å². The van der Waals surface area contributed by atoms with Crippen LogP contribution in [0.5, 0.6) is 11.5 Å². The number of nitriles is 1. The molecule has 2 aromatic carbocycles. The first kappa shape index (κ1) is 17.5. The van der Waals surface area contributed by atoms with Crippen LogP contribution in [0, 0.1) is 21.4 Å². The van der Waals surface area contributed by atoms with Crippen molar-refractivity contribution in [3.8, 4) is 17.6 Å². The molecule has 0 spiro atoms. The number of non-ortho nitro benzene ring substituents is 1. The third-order valence-electron chi connectivity index (χ3n) is 4.14. The van der Waals surface area contributed by atoms with Crippen LogP contribution >= 0.6 is 0 Å². The van der Waals surface area contributed by atoms with Crippen molar-refractivity contribution in [2.45, 2.75) is 26.4 Å². The summed E-state index contributed by atoms with van der Waals surface area (Å²) < 4.78 is 11.5. The van der Waals surface area contributed by atoms with Crippen molar-refractivity contribution >= 4 is 17.3 Å². The van der Waals surface area contributed by atoms with Crippen LogP contribution in [0.1, 0.15) is 30.5 Å². The Labute approximate surface area is 151 Å². The van der Waals surface area contributed by atoms with Crippen molar-refractivity contribution < 1.29 is 14.4 Å². The summed E-state index contributed by atoms with van der Waals surface area (Å²) in [7, 11) is 0. The molecule has 0 bridgehead atoms. The number of nitro benzene ring substituents is 1. The molecule has 0 amide bonds. The zero-order chi connectivity index (χ0) is 18.7. The summed E-state index contributed by atoms with van der Waals surface area (Å²) in [6, 6.07) is 11.9. The highest BCUT2D eigenvalue weighted by Gasteiger charge is 2.21. The lowest BCUT2D eigenvalue weighted by molar-refractivity contribution is -0.384. The number of ether oxygens (including phenoxy) is 2. The molecule has 3 rings (SSSR count). The number of hydrogen-bond acceptors (Lipinski definition) is 5. The Morgan fingerprint density at radius 2 is 2.15 bits per heavy atom. The smallest absolute Gasteiger partial charge is 0.269 e. The quantitative estimate of drug-likeness (QED) is 0.346. The molecular weight excluding hydrogens is 332 g/mol. The highest BCUT2D eigenvalue weighted by Crippen LogP contribution is 2.36. The Hall–Kier alpha value is -3.33. The van der Waals surface area contributed by atoms with Gasteiger partial charge in [0.05, 0.1) is 23.2 Å². The minimum absolute atomic E-state index is 0.0130. The number of allylic oxidation sites excluding steroid dienone is 1. The van der Waals surface area contributed by atoms with E-state index < -0.39 is 4.92 Å². The molecule has 0 saturated heterocycles. The van der Waals surface area contributed by atoms with Gasteiger partial charge in [0, 0.05) is 29.7 Å². The Bertz CT molecular complexity index is 911. The molecule has 0 unspecified atom stereocenters. The van der Waals surface area contributed by atoms with Gasteiger partial charge in [-0.25, -0.2) is 0 Å². The van der Waals surface area contributed by atoms with E-state index in [4.69, 9.17) is 9.47 Å². The second-order valence-corrected chi connectivity index (χ2v) is 6.04. The van der Waals surface area contributed by atoms with E-state index in [0.717, 1.165) is 23.3 Å². The molecule has 26 heavy (non-hydrogen) atoms. The van der Waals surface area contributed by atoms with Crippen LogP contribution in [0.2, 0.25) is 0 Å². The molecule has 1 atom stereocenters. The zero-order valence-electron chi connectivity index (χ0n) is 14.6. The molecule has 1 aliphatic rings. The van der Waals surface area contributed by atoms with Gasteiger partial charge in [0.2, 0.25) is 0 Å². The summed E-state index contributed by atoms with van der Waals surface area (Å²) in [5.74, 6) is 1.49. The van der Waals surface area contributed by atoms with Crippen molar-refractivity contribution in [2.75, 3.05) is 6.61 Å². The van der Waals surface area contributed by atoms with Gasteiger partial charge in [0.15, 0.2) is 0 Å². The molecule has 0 fully saturated rings. The third kappa shape index (κ3) is 3.52. The van der Waals surface area contributed by atoms with Crippen molar-refractivity contribution in [3.05, 3.63) is 63.2 Å². The normalized spacial score (nSPS) is 15.7. The SMILES string of the molecule is CCOc1cc2c(cc1/C=C(\C#N)c1ccc([N+](=O)[O-])cc1)O[C@H](C)C2. The summed E-state index contributed by atoms with van der Waals surface area (Å²) in [6.07, 6.45) is 2.66. The van der Waals surface area contributed by atoms with Gasteiger partial charge in [-0.15, -0.1) is 0 Å². The molecule has 2 aromatic rings. The van der Waals surface area contributed by atoms with Crippen molar-refractivity contribution in [1.82, 2.24) is 0 Å². The maximum Gasteiger partial charge on any atom is 0.269 e. The molecule has 132 valence electrons. The summed E-state index contributed by atoms with van der Waals surface area (Å²) in [5, 5.41) is 20.3. The molecule has 6 nitrogen and oxygen atoms in total. The average Bonchev–Trinajstić information content (AvgIpc) is 2.98. The van der Waals surface area contributed by atoms with Crippen molar-refractivity contribution in [3.63, 3.8) is 0 Å². The maximum atomic E-state index is 10.8. The molecule has 6 heteroatoms. The summed E-state index contributed by atoms with van der Waals surface area (Å²) >= 11 is 0. The molecule has 0 aromatic heterocycles. The molecule has 0 aliphatic carbocycles. The van der Waals surface area contributed by atoms with E-state index >= 15 is 0 Å². The highest BCUT2D eigenvalue weighted by molar-refractivity contribution is 5.91. The number of hydrogen-bond donors (Lipinski definition) is 0. The third-order valence-corrected chi connectivity index (χ3v) is 4.14. The van der Waals surface area contributed by atoms with Crippen LogP contribution in [-0.2, 0) is 6.42 Å². The summed E-state index contributed by atoms with van der Waals surface area (Å²) in [6.45, 7) is 4.42. The average molecular weight is 350 g/mol. The molecule has 0 N–H and O–H groups in total. The van der Waals surface area contributed by atoms with Crippen LogP contribution < -0.4 is 9.47 Å². The Morgan fingerprint density at radius 3 is 2.77 bits per heavy atom. The van der Waals surface area contributed by atoms with Gasteiger partial charge in [-0.3, -0.25) is 10.1 Å². The van der Waals surface area contributed by atoms with Crippen LogP contribution in [-0.4, -0.2) is 17.6 Å². The van der Waals surface area contributed by atoms with Crippen LogP contribution in [0.3, 0.4) is 0 Å². The maximum absolute atomic E-state index is 10.8. The fourth-order valence-electron chi connectivity index (χ4n) is 2.95. The largest absolute Gasteiger partial charge is 0.493 e. The molecule has 1 heterocycles. The number of rotatable bonds is 5. The van der Waals surface area contributed by atoms with Crippen LogP contribution in [0.15, 0.2) is 36.4 Å². The van der Waals surface area contributed by atoms with Crippen LogP contribution in [0.4, 0.5) is 5.69 Å². The predicted octanol–water partition coefficient (Wildman–Crippen LogP) is 4.38. The van der Waals surface area contributed by atoms with E-state index in [1.807, 2.05) is 26.0 Å². The van der Waals surface area contributed by atoms with Gasteiger partial charge in [-0.2, -0.15) is 5.26 Å². The second kappa shape index (κ2) is 7.28. The minimum Gasteiger partial charge on any atom is -0.493 e. The molecule has 1 aliphatic heterocycles. The first-order chi connectivity index (χ1) is 12.5. The summed E-state index contributed by atoms with van der Waals surface area (Å²) in [5.41, 5.74) is 2.82. The standard InChI is InChI=1S/C20H18N2O4/c1-3-25-19-10-15-8-13(2)26-20(15)11-16(19)9-17(12-21)14-4-6-18(7-5-14)22(23)24/h4-7,9-11,13H,3,8H2,1-2H3/b17-9+/t13-/m1/s1. The number of nitro groups is 1. The number of nitrogens with zero attached hydrogens (tertiary/aromatic N) is 2. The van der Waals surface area contributed by atoms with Crippen molar-refractivity contribution in [2.24, 2.45) is 0 Å². The van der Waals surface area contributed by atoms with Crippen LogP contribution in [0.25, 0.3) is 11.6 Å². The summed E-state index contributed by atoms with van der Waals surface area (Å²) in [4.78, 5) is 10.3. The zero-order valence-corrected chi connectivity index (χ0v) is 14.6. The fourth-order valence-corrected chi connectivity index (χ4v) is 2.95. The minimum atomic E-state index is -0.467. The second-order valence-electron chi connectivity index (χ2n) is 6.04. The van der Waals surface area contributed by atoms with E-state index in [9.17, 15) is 15.4 Å². The van der Waals surface area contributed by atoms with E-state index in [0.29, 0.717) is 23.5 Å². The lowest BCUT2D eigenvalue weighted by Crippen LogP contribution is -2.05. The monoisotopic (exact) mass is 350 g/mol. The van der Waals surface area contributed by atoms with Gasteiger partial charge in [-0.1, -0.05) is 0 Å². The van der Waals surface area contributed by atoms with Gasteiger partial charge < -0.3 is 9.47 Å². The molecular formula is C20H18N2O4. The van der Waals surface area contributed by atoms with E-state index in [1.54, 1.807) is 18.2 Å². The first-order valence-electron chi connectivity index (χ1n) is 8.34. The van der Waals surface area contributed by atoms with Gasteiger partial charge >= 0.3 is 0 Å².